The molecule has 0 fully saturated rings. The molecule has 6 heteroatoms. The first-order chi connectivity index (χ1) is 9.88. The Labute approximate surface area is 127 Å². The molecule has 0 N–H and O–H groups in total. The molecule has 2 rings (SSSR count). The van der Waals surface area contributed by atoms with Crippen LogP contribution in [0, 0.1) is 17.0 Å². The summed E-state index contributed by atoms with van der Waals surface area (Å²) in [5.74, 6) is 1.22. The molecular formula is C15H15ClN2O3. The van der Waals surface area contributed by atoms with Gasteiger partial charge in [0.05, 0.1) is 4.92 Å². The first-order valence-corrected chi connectivity index (χ1v) is 6.84. The molecule has 21 heavy (non-hydrogen) atoms. The molecule has 0 bridgehead atoms. The molecule has 5 nitrogen and oxygen atoms in total. The highest BCUT2D eigenvalue weighted by atomic mass is 35.5. The quantitative estimate of drug-likeness (QED) is 0.597. The van der Waals surface area contributed by atoms with Crippen LogP contribution in [0.25, 0.3) is 0 Å². The van der Waals surface area contributed by atoms with E-state index in [1.54, 1.807) is 0 Å². The van der Waals surface area contributed by atoms with E-state index in [0.29, 0.717) is 16.7 Å². The number of aromatic nitrogens is 1. The van der Waals surface area contributed by atoms with Crippen molar-refractivity contribution >= 4 is 17.3 Å². The molecule has 0 aliphatic carbocycles. The van der Waals surface area contributed by atoms with Crippen molar-refractivity contribution in [3.8, 4) is 11.6 Å². The first kappa shape index (κ1) is 15.3. The van der Waals surface area contributed by atoms with Gasteiger partial charge in [-0.05, 0) is 36.1 Å². The van der Waals surface area contributed by atoms with Gasteiger partial charge in [-0.15, -0.1) is 0 Å². The molecule has 0 spiro atoms. The van der Waals surface area contributed by atoms with Crippen molar-refractivity contribution in [2.75, 3.05) is 0 Å². The molecule has 0 unspecified atom stereocenters. The number of aryl methyl sites for hydroxylation is 1. The number of hydrogen-bond acceptors (Lipinski definition) is 4. The Hall–Kier alpha value is -2.14. The van der Waals surface area contributed by atoms with Gasteiger partial charge in [0.2, 0.25) is 5.88 Å². The predicted octanol–water partition coefficient (Wildman–Crippen LogP) is 4.87. The van der Waals surface area contributed by atoms with E-state index >= 15 is 0 Å². The van der Waals surface area contributed by atoms with Crippen molar-refractivity contribution in [3.63, 3.8) is 0 Å². The van der Waals surface area contributed by atoms with Crippen molar-refractivity contribution < 1.29 is 9.66 Å². The molecular weight excluding hydrogens is 292 g/mol. The Morgan fingerprint density at radius 2 is 2.05 bits per heavy atom. The Bertz CT molecular complexity index is 669. The highest BCUT2D eigenvalue weighted by molar-refractivity contribution is 6.31. The molecule has 0 aliphatic rings. The summed E-state index contributed by atoms with van der Waals surface area (Å²) in [6, 6.07) is 6.56. The fraction of sp³-hybridized carbons (Fsp3) is 0.267. The molecule has 1 aromatic heterocycles. The van der Waals surface area contributed by atoms with Crippen molar-refractivity contribution in [1.29, 1.82) is 0 Å². The number of hydrogen-bond donors (Lipinski definition) is 0. The van der Waals surface area contributed by atoms with E-state index < -0.39 is 4.92 Å². The largest absolute Gasteiger partial charge is 0.439 e. The molecule has 0 saturated carbocycles. The average Bonchev–Trinajstić information content (AvgIpc) is 2.42. The van der Waals surface area contributed by atoms with E-state index in [-0.39, 0.29) is 11.6 Å². The third-order valence-corrected chi connectivity index (χ3v) is 3.39. The van der Waals surface area contributed by atoms with Crippen molar-refractivity contribution in [2.24, 2.45) is 0 Å². The van der Waals surface area contributed by atoms with Gasteiger partial charge in [-0.1, -0.05) is 25.4 Å². The molecule has 0 radical (unpaired) electrons. The topological polar surface area (TPSA) is 65.3 Å². The number of halogens is 1. The summed E-state index contributed by atoms with van der Waals surface area (Å²) in [5, 5.41) is 11.3. The standard InChI is InChI=1S/C15H15ClN2O3/c1-9(2)12-7-14(10(3)6-13(12)16)21-15-5-4-11(8-17-15)18(19)20/h4-9H,1-3H3. The maximum Gasteiger partial charge on any atom is 0.287 e. The van der Waals surface area contributed by atoms with Gasteiger partial charge in [-0.2, -0.15) is 0 Å². The lowest BCUT2D eigenvalue weighted by molar-refractivity contribution is -0.385. The van der Waals surface area contributed by atoms with Crippen LogP contribution in [0.2, 0.25) is 5.02 Å². The third-order valence-electron chi connectivity index (χ3n) is 3.06. The summed E-state index contributed by atoms with van der Waals surface area (Å²) in [6.07, 6.45) is 1.17. The Balaban J connectivity index is 2.30. The summed E-state index contributed by atoms with van der Waals surface area (Å²) in [5.41, 5.74) is 1.79. The van der Waals surface area contributed by atoms with Gasteiger partial charge >= 0.3 is 0 Å². The highest BCUT2D eigenvalue weighted by Crippen LogP contribution is 2.33. The van der Waals surface area contributed by atoms with Crippen LogP contribution in [0.1, 0.15) is 30.9 Å². The minimum absolute atomic E-state index is 0.0713. The molecule has 0 saturated heterocycles. The van der Waals surface area contributed by atoms with E-state index in [1.807, 2.05) is 32.9 Å². The summed E-state index contributed by atoms with van der Waals surface area (Å²) in [4.78, 5) is 14.0. The fourth-order valence-electron chi connectivity index (χ4n) is 1.87. The molecule has 0 atom stereocenters. The Kier molecular flexibility index (Phi) is 4.43. The Morgan fingerprint density at radius 1 is 1.33 bits per heavy atom. The number of rotatable bonds is 4. The zero-order chi connectivity index (χ0) is 15.6. The second kappa shape index (κ2) is 6.10. The van der Waals surface area contributed by atoms with E-state index in [2.05, 4.69) is 4.98 Å². The predicted molar refractivity (Wildman–Crippen MR) is 81.2 cm³/mol. The second-order valence-electron chi connectivity index (χ2n) is 5.01. The van der Waals surface area contributed by atoms with Gasteiger partial charge in [0.25, 0.3) is 5.69 Å². The molecule has 0 amide bonds. The van der Waals surface area contributed by atoms with Crippen LogP contribution < -0.4 is 4.74 Å². The van der Waals surface area contributed by atoms with Crippen LogP contribution in [0.15, 0.2) is 30.5 Å². The number of nitrogens with zero attached hydrogens (tertiary/aromatic N) is 2. The van der Waals surface area contributed by atoms with Crippen molar-refractivity contribution in [2.45, 2.75) is 26.7 Å². The fourth-order valence-corrected chi connectivity index (χ4v) is 2.31. The van der Waals surface area contributed by atoms with Crippen molar-refractivity contribution in [3.05, 3.63) is 56.7 Å². The Morgan fingerprint density at radius 3 is 2.57 bits per heavy atom. The van der Waals surface area contributed by atoms with Crippen LogP contribution in [-0.4, -0.2) is 9.91 Å². The third kappa shape index (κ3) is 3.49. The minimum Gasteiger partial charge on any atom is -0.439 e. The molecule has 2 aromatic rings. The van der Waals surface area contributed by atoms with E-state index in [9.17, 15) is 10.1 Å². The van der Waals surface area contributed by atoms with Gasteiger partial charge in [0, 0.05) is 17.2 Å². The smallest absolute Gasteiger partial charge is 0.287 e. The highest BCUT2D eigenvalue weighted by Gasteiger charge is 2.12. The lowest BCUT2D eigenvalue weighted by Gasteiger charge is -2.13. The summed E-state index contributed by atoms with van der Waals surface area (Å²) < 4.78 is 5.70. The maximum atomic E-state index is 10.6. The minimum atomic E-state index is -0.499. The van der Waals surface area contributed by atoms with E-state index in [0.717, 1.165) is 11.1 Å². The second-order valence-corrected chi connectivity index (χ2v) is 5.41. The van der Waals surface area contributed by atoms with Gasteiger partial charge in [0.1, 0.15) is 11.9 Å². The monoisotopic (exact) mass is 306 g/mol. The van der Waals surface area contributed by atoms with Crippen LogP contribution in [0.3, 0.4) is 0 Å². The van der Waals surface area contributed by atoms with Crippen LogP contribution >= 0.6 is 11.6 Å². The molecule has 1 heterocycles. The van der Waals surface area contributed by atoms with E-state index in [1.165, 1.54) is 18.3 Å². The summed E-state index contributed by atoms with van der Waals surface area (Å²) >= 11 is 6.21. The van der Waals surface area contributed by atoms with Crippen LogP contribution in [-0.2, 0) is 0 Å². The number of pyridine rings is 1. The normalized spacial score (nSPS) is 10.7. The lowest BCUT2D eigenvalue weighted by Crippen LogP contribution is -1.96. The molecule has 110 valence electrons. The lowest BCUT2D eigenvalue weighted by atomic mass is 10.0. The number of benzene rings is 1. The van der Waals surface area contributed by atoms with Gasteiger partial charge in [-0.25, -0.2) is 4.98 Å². The molecule has 0 aliphatic heterocycles. The zero-order valence-electron chi connectivity index (χ0n) is 12.0. The number of ether oxygens (including phenoxy) is 1. The van der Waals surface area contributed by atoms with Crippen LogP contribution in [0.4, 0.5) is 5.69 Å². The summed E-state index contributed by atoms with van der Waals surface area (Å²) in [6.45, 7) is 5.98. The molecule has 1 aromatic carbocycles. The van der Waals surface area contributed by atoms with Gasteiger partial charge < -0.3 is 4.74 Å². The maximum absolute atomic E-state index is 10.6. The van der Waals surface area contributed by atoms with E-state index in [4.69, 9.17) is 16.3 Å². The summed E-state index contributed by atoms with van der Waals surface area (Å²) in [7, 11) is 0. The van der Waals surface area contributed by atoms with Gasteiger partial charge in [0.15, 0.2) is 0 Å². The van der Waals surface area contributed by atoms with Crippen molar-refractivity contribution in [1.82, 2.24) is 4.98 Å². The SMILES string of the molecule is Cc1cc(Cl)c(C(C)C)cc1Oc1ccc([N+](=O)[O-])cn1. The zero-order valence-corrected chi connectivity index (χ0v) is 12.7. The first-order valence-electron chi connectivity index (χ1n) is 6.47. The van der Waals surface area contributed by atoms with Crippen LogP contribution in [0.5, 0.6) is 11.6 Å². The van der Waals surface area contributed by atoms with Gasteiger partial charge in [-0.3, -0.25) is 10.1 Å². The number of nitro groups is 1. The average molecular weight is 307 g/mol.